The van der Waals surface area contributed by atoms with E-state index in [1.807, 2.05) is 31.2 Å². The van der Waals surface area contributed by atoms with Gasteiger partial charge < -0.3 is 10.7 Å². The van der Waals surface area contributed by atoms with Crippen molar-refractivity contribution in [2.45, 2.75) is 36.5 Å². The third kappa shape index (κ3) is 3.87. The lowest BCUT2D eigenvalue weighted by atomic mass is 10.0. The number of hydrogen-bond donors (Lipinski definition) is 2. The largest absolute Gasteiger partial charge is 0.418 e. The standard InChI is InChI=1S/C20H18F3N5OS/c1-11-7-9-13(10-8-11)16-17(30-19-26-25-12(2)28(19)27-16)18(29)24-15-6-4-3-5-14(15)20(21,22)23/h3-10,16-17,27H,1-2H3,(H,24,29)/t16-,17+/m0/s1. The second kappa shape index (κ2) is 7.67. The maximum Gasteiger partial charge on any atom is 0.418 e. The molecule has 0 aliphatic carbocycles. The van der Waals surface area contributed by atoms with Crippen molar-refractivity contribution in [2.75, 3.05) is 10.7 Å². The summed E-state index contributed by atoms with van der Waals surface area (Å²) < 4.78 is 41.7. The van der Waals surface area contributed by atoms with Gasteiger partial charge in [-0.1, -0.05) is 53.7 Å². The molecular formula is C20H18F3N5OS. The van der Waals surface area contributed by atoms with Crippen LogP contribution in [0.3, 0.4) is 0 Å². The number of rotatable bonds is 3. The fraction of sp³-hybridized carbons (Fsp3) is 0.250. The number of anilines is 1. The molecule has 2 heterocycles. The summed E-state index contributed by atoms with van der Waals surface area (Å²) in [6, 6.07) is 12.1. The number of thioether (sulfide) groups is 1. The Morgan fingerprint density at radius 3 is 2.50 bits per heavy atom. The van der Waals surface area contributed by atoms with Crippen molar-refractivity contribution in [2.24, 2.45) is 0 Å². The highest BCUT2D eigenvalue weighted by Crippen LogP contribution is 2.39. The zero-order chi connectivity index (χ0) is 21.5. The predicted octanol–water partition coefficient (Wildman–Crippen LogP) is 4.31. The molecule has 1 aliphatic heterocycles. The van der Waals surface area contributed by atoms with Crippen LogP contribution in [0.4, 0.5) is 18.9 Å². The lowest BCUT2D eigenvalue weighted by molar-refractivity contribution is -0.137. The van der Waals surface area contributed by atoms with E-state index in [1.165, 1.54) is 18.2 Å². The van der Waals surface area contributed by atoms with Crippen LogP contribution < -0.4 is 10.7 Å². The van der Waals surface area contributed by atoms with Crippen molar-refractivity contribution in [3.63, 3.8) is 0 Å². The van der Waals surface area contributed by atoms with Crippen LogP contribution >= 0.6 is 11.8 Å². The van der Waals surface area contributed by atoms with Gasteiger partial charge in [0.15, 0.2) is 0 Å². The van der Waals surface area contributed by atoms with Crippen LogP contribution in [0.1, 0.15) is 28.6 Å². The van der Waals surface area contributed by atoms with Gasteiger partial charge in [0.25, 0.3) is 0 Å². The number of nitrogens with one attached hydrogen (secondary N) is 2. The molecule has 0 spiro atoms. The molecular weight excluding hydrogens is 415 g/mol. The SMILES string of the molecule is Cc1ccc([C@@H]2Nn3c(C)nnc3S[C@H]2C(=O)Nc2ccccc2C(F)(F)F)cc1. The Hall–Kier alpha value is -3.01. The summed E-state index contributed by atoms with van der Waals surface area (Å²) >= 11 is 1.16. The quantitative estimate of drug-likeness (QED) is 0.644. The van der Waals surface area contributed by atoms with E-state index in [-0.39, 0.29) is 5.69 Å². The number of aromatic nitrogens is 3. The average molecular weight is 433 g/mol. The van der Waals surface area contributed by atoms with E-state index in [0.29, 0.717) is 11.0 Å². The van der Waals surface area contributed by atoms with Gasteiger partial charge in [-0.3, -0.25) is 4.79 Å². The number of fused-ring (bicyclic) bond motifs is 1. The van der Waals surface area contributed by atoms with E-state index in [9.17, 15) is 18.0 Å². The van der Waals surface area contributed by atoms with Gasteiger partial charge in [-0.15, -0.1) is 10.2 Å². The number of carbonyl (C=O) groups excluding carboxylic acids is 1. The number of carbonyl (C=O) groups is 1. The summed E-state index contributed by atoms with van der Waals surface area (Å²) in [6.45, 7) is 3.73. The highest BCUT2D eigenvalue weighted by Gasteiger charge is 2.39. The number of hydrogen-bond acceptors (Lipinski definition) is 5. The van der Waals surface area contributed by atoms with Gasteiger partial charge in [-0.05, 0) is 31.5 Å². The third-order valence-electron chi connectivity index (χ3n) is 4.78. The van der Waals surface area contributed by atoms with Gasteiger partial charge in [0.05, 0.1) is 17.3 Å². The monoisotopic (exact) mass is 433 g/mol. The molecule has 4 rings (SSSR count). The summed E-state index contributed by atoms with van der Waals surface area (Å²) in [4.78, 5) is 13.1. The van der Waals surface area contributed by atoms with E-state index < -0.39 is 28.9 Å². The number of nitrogens with zero attached hydrogens (tertiary/aromatic N) is 3. The molecule has 2 N–H and O–H groups in total. The minimum atomic E-state index is -4.57. The Kier molecular flexibility index (Phi) is 5.19. The lowest BCUT2D eigenvalue weighted by Gasteiger charge is -2.33. The molecule has 30 heavy (non-hydrogen) atoms. The first-order chi connectivity index (χ1) is 14.2. The highest BCUT2D eigenvalue weighted by atomic mass is 32.2. The zero-order valence-electron chi connectivity index (χ0n) is 16.1. The maximum atomic E-state index is 13.3. The lowest BCUT2D eigenvalue weighted by Crippen LogP contribution is -2.41. The van der Waals surface area contributed by atoms with Gasteiger partial charge in [0, 0.05) is 0 Å². The Morgan fingerprint density at radius 2 is 1.80 bits per heavy atom. The molecule has 0 saturated carbocycles. The van der Waals surface area contributed by atoms with E-state index in [0.717, 1.165) is 29.0 Å². The van der Waals surface area contributed by atoms with Crippen LogP contribution in [0, 0.1) is 13.8 Å². The molecule has 1 amide bonds. The summed E-state index contributed by atoms with van der Waals surface area (Å²) in [5.74, 6) is 0.0672. The zero-order valence-corrected chi connectivity index (χ0v) is 16.9. The number of halogens is 3. The Balaban J connectivity index is 1.68. The molecule has 0 radical (unpaired) electrons. The smallest absolute Gasteiger partial charge is 0.324 e. The normalized spacial score (nSPS) is 18.4. The van der Waals surface area contributed by atoms with Crippen LogP contribution in [-0.4, -0.2) is 26.0 Å². The Bertz CT molecular complexity index is 1080. The first-order valence-corrected chi connectivity index (χ1v) is 10.0. The van der Waals surface area contributed by atoms with Crippen LogP contribution in [0.2, 0.25) is 0 Å². The van der Waals surface area contributed by atoms with Gasteiger partial charge in [0.2, 0.25) is 11.1 Å². The van der Waals surface area contributed by atoms with Crippen molar-refractivity contribution in [1.29, 1.82) is 0 Å². The number of amides is 1. The molecule has 0 fully saturated rings. The second-order valence-electron chi connectivity index (χ2n) is 6.95. The van der Waals surface area contributed by atoms with E-state index in [4.69, 9.17) is 0 Å². The molecule has 0 bridgehead atoms. The predicted molar refractivity (Wildman–Crippen MR) is 108 cm³/mol. The van der Waals surface area contributed by atoms with Gasteiger partial charge in [-0.2, -0.15) is 13.2 Å². The van der Waals surface area contributed by atoms with Gasteiger partial charge in [-0.25, -0.2) is 4.68 Å². The van der Waals surface area contributed by atoms with Crippen LogP contribution in [0.15, 0.2) is 53.7 Å². The molecule has 156 valence electrons. The summed E-state index contributed by atoms with van der Waals surface area (Å²) in [6.07, 6.45) is -4.57. The van der Waals surface area contributed by atoms with Crippen molar-refractivity contribution >= 4 is 23.4 Å². The average Bonchev–Trinajstić information content (AvgIpc) is 3.07. The molecule has 6 nitrogen and oxygen atoms in total. The minimum absolute atomic E-state index is 0.276. The van der Waals surface area contributed by atoms with Crippen molar-refractivity contribution in [3.8, 4) is 0 Å². The van der Waals surface area contributed by atoms with E-state index in [1.54, 1.807) is 11.6 Å². The van der Waals surface area contributed by atoms with E-state index in [2.05, 4.69) is 20.9 Å². The van der Waals surface area contributed by atoms with Crippen molar-refractivity contribution in [3.05, 3.63) is 71.0 Å². The topological polar surface area (TPSA) is 71.8 Å². The number of aryl methyl sites for hydroxylation is 2. The number of benzene rings is 2. The number of alkyl halides is 3. The second-order valence-corrected chi connectivity index (χ2v) is 8.06. The molecule has 0 saturated heterocycles. The third-order valence-corrected chi connectivity index (χ3v) is 6.00. The van der Waals surface area contributed by atoms with Crippen LogP contribution in [0.5, 0.6) is 0 Å². The van der Waals surface area contributed by atoms with Crippen molar-refractivity contribution in [1.82, 2.24) is 14.9 Å². The molecule has 2 atom stereocenters. The molecule has 3 aromatic rings. The Morgan fingerprint density at radius 1 is 1.10 bits per heavy atom. The van der Waals surface area contributed by atoms with E-state index >= 15 is 0 Å². The highest BCUT2D eigenvalue weighted by molar-refractivity contribution is 8.00. The van der Waals surface area contributed by atoms with Crippen molar-refractivity contribution < 1.29 is 18.0 Å². The maximum absolute atomic E-state index is 13.3. The first kappa shape index (κ1) is 20.3. The fourth-order valence-electron chi connectivity index (χ4n) is 3.23. The molecule has 10 heteroatoms. The van der Waals surface area contributed by atoms with Gasteiger partial charge in [0.1, 0.15) is 11.1 Å². The van der Waals surface area contributed by atoms with Crippen LogP contribution in [0.25, 0.3) is 0 Å². The summed E-state index contributed by atoms with van der Waals surface area (Å²) in [5, 5.41) is 10.2. The molecule has 1 aliphatic rings. The fourth-order valence-corrected chi connectivity index (χ4v) is 4.35. The Labute approximate surface area is 174 Å². The summed E-state index contributed by atoms with van der Waals surface area (Å²) in [7, 11) is 0. The van der Waals surface area contributed by atoms with Crippen LogP contribution in [-0.2, 0) is 11.0 Å². The number of para-hydroxylation sites is 1. The first-order valence-electron chi connectivity index (χ1n) is 9.13. The minimum Gasteiger partial charge on any atom is -0.324 e. The summed E-state index contributed by atoms with van der Waals surface area (Å²) in [5.41, 5.74) is 3.95. The van der Waals surface area contributed by atoms with Gasteiger partial charge >= 0.3 is 6.18 Å². The molecule has 0 unspecified atom stereocenters. The molecule has 2 aromatic carbocycles. The molecule has 1 aromatic heterocycles.